The largest absolute Gasteiger partial charge is 0.550 e. The van der Waals surface area contributed by atoms with Crippen molar-refractivity contribution >= 4 is 113 Å². The summed E-state index contributed by atoms with van der Waals surface area (Å²) in [6.07, 6.45) is 0. The van der Waals surface area contributed by atoms with Gasteiger partial charge in [-0.25, -0.2) is 0 Å². The van der Waals surface area contributed by atoms with Crippen LogP contribution >= 0.6 is 0 Å². The Morgan fingerprint density at radius 1 is 0.323 bits per heavy atom. The van der Waals surface area contributed by atoms with Gasteiger partial charge in [-0.3, -0.25) is 0 Å². The van der Waals surface area contributed by atoms with Crippen LogP contribution in [0.1, 0.15) is 0 Å². The van der Waals surface area contributed by atoms with Crippen molar-refractivity contribution in [2.75, 3.05) is 9.80 Å². The first-order valence-electron chi connectivity index (χ1n) is 21.3. The van der Waals surface area contributed by atoms with Gasteiger partial charge >= 0.3 is 13.8 Å². The van der Waals surface area contributed by atoms with Crippen LogP contribution in [0.15, 0.2) is 194 Å². The number of hydrogen-bond donors (Lipinski definition) is 0. The van der Waals surface area contributed by atoms with Crippen molar-refractivity contribution in [2.24, 2.45) is 0 Å². The number of hydrogen-bond acceptors (Lipinski definition) is 4. The Bertz CT molecular complexity index is 3510. The lowest BCUT2D eigenvalue weighted by Gasteiger charge is -2.41. The molecule has 286 valence electrons. The highest BCUT2D eigenvalue weighted by molar-refractivity contribution is 6.88. The summed E-state index contributed by atoms with van der Waals surface area (Å²) in [7, 11) is 0. The predicted molar refractivity (Wildman–Crippen MR) is 256 cm³/mol. The van der Waals surface area contributed by atoms with E-state index >= 15 is 0 Å². The molecular weight excluding hydrogens is 758 g/mol. The molecule has 0 amide bonds. The second-order valence-electron chi connectivity index (χ2n) is 16.7. The lowest BCUT2D eigenvalue weighted by Crippen LogP contribution is -2.59. The zero-order chi connectivity index (χ0) is 40.2. The van der Waals surface area contributed by atoms with Crippen molar-refractivity contribution in [1.82, 2.24) is 9.13 Å². The van der Waals surface area contributed by atoms with E-state index in [2.05, 4.69) is 213 Å². The highest BCUT2D eigenvalue weighted by Crippen LogP contribution is 2.47. The fourth-order valence-corrected chi connectivity index (χ4v) is 11.3. The average Bonchev–Trinajstić information content (AvgIpc) is 3.73. The van der Waals surface area contributed by atoms with Crippen molar-refractivity contribution in [1.29, 1.82) is 0 Å². The fourth-order valence-electron chi connectivity index (χ4n) is 11.3. The SMILES string of the molecule is c1ccc(N2c3cc4c(cc3B3Oc5cccc6c7ccccc7n(c56)-c5cccc2c53)B2Oc3cccc5c6ccccc6n(c35)-c3cccc(c32)N4c2ccccc2)cc1. The van der Waals surface area contributed by atoms with Crippen molar-refractivity contribution in [3.05, 3.63) is 194 Å². The van der Waals surface area contributed by atoms with Gasteiger partial charge < -0.3 is 28.2 Å². The van der Waals surface area contributed by atoms with Gasteiger partial charge in [0.2, 0.25) is 0 Å². The molecule has 11 aromatic rings. The first-order chi connectivity index (χ1) is 30.8. The van der Waals surface area contributed by atoms with Gasteiger partial charge in [0.05, 0.1) is 22.1 Å². The summed E-state index contributed by atoms with van der Waals surface area (Å²) >= 11 is 0. The van der Waals surface area contributed by atoms with Gasteiger partial charge in [0.1, 0.15) is 11.5 Å². The minimum atomic E-state index is -0.417. The van der Waals surface area contributed by atoms with Crippen LogP contribution in [0.3, 0.4) is 0 Å². The summed E-state index contributed by atoms with van der Waals surface area (Å²) in [5.74, 6) is 1.73. The number of anilines is 6. The smallest absolute Gasteiger partial charge is 0.432 e. The van der Waals surface area contributed by atoms with Crippen LogP contribution in [0.25, 0.3) is 55.0 Å². The van der Waals surface area contributed by atoms with Gasteiger partial charge in [-0.1, -0.05) is 115 Å². The lowest BCUT2D eigenvalue weighted by atomic mass is 9.47. The van der Waals surface area contributed by atoms with Crippen LogP contribution in [0.4, 0.5) is 34.1 Å². The highest BCUT2D eigenvalue weighted by atomic mass is 16.4. The average molecular weight is 791 g/mol. The van der Waals surface area contributed by atoms with Gasteiger partial charge in [-0.15, -0.1) is 0 Å². The molecule has 6 nitrogen and oxygen atoms in total. The van der Waals surface area contributed by atoms with Gasteiger partial charge in [0.25, 0.3) is 0 Å². The fraction of sp³-hybridized carbons (Fsp3) is 0. The molecule has 62 heavy (non-hydrogen) atoms. The molecule has 4 aliphatic heterocycles. The van der Waals surface area contributed by atoms with Crippen molar-refractivity contribution in [3.8, 4) is 22.9 Å². The van der Waals surface area contributed by atoms with Crippen LogP contribution in [0.2, 0.25) is 0 Å². The zero-order valence-corrected chi connectivity index (χ0v) is 33.2. The zero-order valence-electron chi connectivity index (χ0n) is 33.2. The number of rotatable bonds is 2. The highest BCUT2D eigenvalue weighted by Gasteiger charge is 2.47. The number of benzene rings is 9. The van der Waals surface area contributed by atoms with Crippen molar-refractivity contribution in [3.63, 3.8) is 0 Å². The molecule has 8 heteroatoms. The second-order valence-corrected chi connectivity index (χ2v) is 16.7. The predicted octanol–water partition coefficient (Wildman–Crippen LogP) is 10.4. The van der Waals surface area contributed by atoms with Crippen LogP contribution in [0, 0.1) is 0 Å². The molecule has 2 aromatic heterocycles. The standard InChI is InChI=1S/C54H32B2N4O2/c1-3-15-33(16-4-1)57-43-25-13-27-45-51(43)55(61-49-29-11-21-37-35-19-7-9-23-41(35)59(45)53(37)49)39-31-40-48(32-47(39)57)58(34-17-5-2-6-18-34)44-26-14-28-46-52(44)56(40)62-50-30-12-22-38-36-20-8-10-24-42(36)60(46)54(38)50/h1-32H. The Morgan fingerprint density at radius 2 is 0.726 bits per heavy atom. The van der Waals surface area contributed by atoms with E-state index in [1.807, 2.05) is 0 Å². The summed E-state index contributed by atoms with van der Waals surface area (Å²) in [6, 6.07) is 70.2. The molecule has 0 saturated carbocycles. The van der Waals surface area contributed by atoms with Crippen LogP contribution in [-0.2, 0) is 0 Å². The first kappa shape index (κ1) is 32.7. The quantitative estimate of drug-likeness (QED) is 0.163. The van der Waals surface area contributed by atoms with E-state index in [9.17, 15) is 0 Å². The summed E-state index contributed by atoms with van der Waals surface area (Å²) in [4.78, 5) is 4.88. The minimum absolute atomic E-state index is 0.417. The van der Waals surface area contributed by atoms with Crippen molar-refractivity contribution in [2.45, 2.75) is 0 Å². The van der Waals surface area contributed by atoms with Gasteiger partial charge in [0.15, 0.2) is 0 Å². The molecule has 0 spiro atoms. The van der Waals surface area contributed by atoms with E-state index < -0.39 is 13.8 Å². The summed E-state index contributed by atoms with van der Waals surface area (Å²) in [5, 5.41) is 4.78. The lowest BCUT2D eigenvalue weighted by molar-refractivity contribution is 0.597. The van der Waals surface area contributed by atoms with Crippen LogP contribution in [-0.4, -0.2) is 23.0 Å². The molecule has 9 aromatic carbocycles. The third kappa shape index (κ3) is 4.07. The molecule has 0 N–H and O–H groups in total. The van der Waals surface area contributed by atoms with Gasteiger partial charge in [0, 0.05) is 78.0 Å². The Labute approximate surface area is 357 Å². The second kappa shape index (κ2) is 11.8. The summed E-state index contributed by atoms with van der Waals surface area (Å²) in [6.45, 7) is -0.834. The molecule has 15 rings (SSSR count). The molecule has 0 unspecified atom stereocenters. The third-order valence-electron chi connectivity index (χ3n) is 13.7. The summed E-state index contributed by atoms with van der Waals surface area (Å²) < 4.78 is 19.9. The van der Waals surface area contributed by atoms with Gasteiger partial charge in [-0.2, -0.15) is 0 Å². The minimum Gasteiger partial charge on any atom is -0.550 e. The molecular formula is C54H32B2N4O2. The van der Waals surface area contributed by atoms with E-state index in [0.717, 1.165) is 101 Å². The Hall–Kier alpha value is -8.09. The Balaban J connectivity index is 1.06. The molecule has 0 bridgehead atoms. The molecule has 0 radical (unpaired) electrons. The summed E-state index contributed by atoms with van der Waals surface area (Å²) in [5.41, 5.74) is 17.7. The molecule has 6 heterocycles. The molecule has 0 fully saturated rings. The van der Waals surface area contributed by atoms with Crippen LogP contribution in [0.5, 0.6) is 11.5 Å². The van der Waals surface area contributed by atoms with E-state index in [-0.39, 0.29) is 0 Å². The molecule has 0 atom stereocenters. The van der Waals surface area contributed by atoms with E-state index in [1.165, 1.54) is 21.5 Å². The normalized spacial score (nSPS) is 13.9. The number of para-hydroxylation sites is 6. The molecule has 0 saturated heterocycles. The maximum atomic E-state index is 7.51. The molecule has 0 aliphatic carbocycles. The van der Waals surface area contributed by atoms with E-state index in [1.54, 1.807) is 0 Å². The van der Waals surface area contributed by atoms with E-state index in [4.69, 9.17) is 9.31 Å². The Morgan fingerprint density at radius 3 is 1.21 bits per heavy atom. The first-order valence-corrected chi connectivity index (χ1v) is 21.3. The molecule has 4 aliphatic rings. The Kier molecular flexibility index (Phi) is 6.23. The monoisotopic (exact) mass is 790 g/mol. The number of aromatic nitrogens is 2. The van der Waals surface area contributed by atoms with Crippen LogP contribution < -0.4 is 41.0 Å². The van der Waals surface area contributed by atoms with Gasteiger partial charge in [-0.05, 0) is 89.8 Å². The van der Waals surface area contributed by atoms with Crippen molar-refractivity contribution < 1.29 is 9.31 Å². The number of fused-ring (bicyclic) bond motifs is 12. The number of nitrogens with zero attached hydrogens (tertiary/aromatic N) is 4. The maximum absolute atomic E-state index is 7.51. The van der Waals surface area contributed by atoms with E-state index in [0.29, 0.717) is 0 Å². The topological polar surface area (TPSA) is 34.8 Å². The maximum Gasteiger partial charge on any atom is 0.432 e. The third-order valence-corrected chi connectivity index (χ3v) is 13.7.